The molecule has 1 aromatic heterocycles. The van der Waals surface area contributed by atoms with Gasteiger partial charge < -0.3 is 14.4 Å². The first-order valence-electron chi connectivity index (χ1n) is 6.52. The van der Waals surface area contributed by atoms with Gasteiger partial charge in [-0.15, -0.1) is 0 Å². The predicted octanol–water partition coefficient (Wildman–Crippen LogP) is 2.16. The van der Waals surface area contributed by atoms with Gasteiger partial charge in [-0.2, -0.15) is 0 Å². The quantitative estimate of drug-likeness (QED) is 0.918. The number of carboxylic acid groups (broad SMARTS) is 1. The van der Waals surface area contributed by atoms with E-state index in [4.69, 9.17) is 4.74 Å². The van der Waals surface area contributed by atoms with Crippen molar-refractivity contribution < 1.29 is 14.6 Å². The summed E-state index contributed by atoms with van der Waals surface area (Å²) in [6, 6.07) is 7.56. The zero-order valence-corrected chi connectivity index (χ0v) is 10.6. The maximum atomic E-state index is 11.3. The zero-order valence-electron chi connectivity index (χ0n) is 10.6. The molecule has 0 aliphatic carbocycles. The van der Waals surface area contributed by atoms with Gasteiger partial charge in [-0.3, -0.25) is 0 Å². The predicted molar refractivity (Wildman–Crippen MR) is 70.2 cm³/mol. The van der Waals surface area contributed by atoms with Crippen molar-refractivity contribution in [2.45, 2.75) is 19.4 Å². The zero-order chi connectivity index (χ0) is 13.2. The van der Waals surface area contributed by atoms with Gasteiger partial charge in [-0.25, -0.2) is 9.78 Å². The van der Waals surface area contributed by atoms with E-state index in [1.165, 1.54) is 0 Å². The fourth-order valence-electron chi connectivity index (χ4n) is 2.61. The van der Waals surface area contributed by atoms with E-state index in [2.05, 4.69) is 4.98 Å². The van der Waals surface area contributed by atoms with Crippen LogP contribution in [0.3, 0.4) is 0 Å². The molecular formula is C14H16N2O3. The van der Waals surface area contributed by atoms with E-state index in [1.807, 2.05) is 28.8 Å². The Morgan fingerprint density at radius 1 is 1.37 bits per heavy atom. The van der Waals surface area contributed by atoms with Crippen molar-refractivity contribution in [1.29, 1.82) is 0 Å². The number of para-hydroxylation sites is 2. The number of hydrogen-bond acceptors (Lipinski definition) is 3. The lowest BCUT2D eigenvalue weighted by Gasteiger charge is -2.23. The van der Waals surface area contributed by atoms with Gasteiger partial charge in [0.2, 0.25) is 5.82 Å². The second-order valence-corrected chi connectivity index (χ2v) is 4.90. The lowest BCUT2D eigenvalue weighted by Crippen LogP contribution is -2.22. The lowest BCUT2D eigenvalue weighted by atomic mass is 10.0. The fraction of sp³-hybridized carbons (Fsp3) is 0.429. The van der Waals surface area contributed by atoms with Crippen LogP contribution in [0.5, 0.6) is 0 Å². The molecule has 0 amide bonds. The highest BCUT2D eigenvalue weighted by molar-refractivity contribution is 5.89. The highest BCUT2D eigenvalue weighted by Crippen LogP contribution is 2.22. The molecule has 3 rings (SSSR count). The van der Waals surface area contributed by atoms with E-state index in [1.54, 1.807) is 0 Å². The molecule has 2 heterocycles. The third kappa shape index (κ3) is 2.33. The number of carboxylic acids is 1. The first kappa shape index (κ1) is 12.2. The number of imidazole rings is 1. The highest BCUT2D eigenvalue weighted by Gasteiger charge is 2.21. The van der Waals surface area contributed by atoms with Crippen LogP contribution in [0.2, 0.25) is 0 Å². The van der Waals surface area contributed by atoms with Crippen molar-refractivity contribution in [3.8, 4) is 0 Å². The Kier molecular flexibility index (Phi) is 3.21. The van der Waals surface area contributed by atoms with Crippen molar-refractivity contribution in [1.82, 2.24) is 9.55 Å². The van der Waals surface area contributed by atoms with Crippen LogP contribution in [0, 0.1) is 5.92 Å². The van der Waals surface area contributed by atoms with Crippen molar-refractivity contribution >= 4 is 17.0 Å². The number of carbonyl (C=O) groups is 1. The van der Waals surface area contributed by atoms with E-state index in [0.717, 1.165) is 37.1 Å². The van der Waals surface area contributed by atoms with E-state index in [-0.39, 0.29) is 5.82 Å². The summed E-state index contributed by atoms with van der Waals surface area (Å²) in [5, 5.41) is 9.29. The van der Waals surface area contributed by atoms with Crippen molar-refractivity contribution in [3.63, 3.8) is 0 Å². The molecule has 0 saturated carbocycles. The van der Waals surface area contributed by atoms with Gasteiger partial charge in [-0.1, -0.05) is 12.1 Å². The van der Waals surface area contributed by atoms with Crippen LogP contribution >= 0.6 is 0 Å². The number of fused-ring (bicyclic) bond motifs is 1. The molecule has 1 saturated heterocycles. The Balaban J connectivity index is 1.99. The molecule has 5 heteroatoms. The standard InChI is InChI=1S/C14H16N2O3/c17-14(18)13-15-11-3-1-2-4-12(11)16(13)9-10-5-7-19-8-6-10/h1-4,10H,5-9H2,(H,17,18). The molecule has 1 aliphatic rings. The van der Waals surface area contributed by atoms with Gasteiger partial charge in [0.05, 0.1) is 11.0 Å². The first-order chi connectivity index (χ1) is 9.25. The molecule has 5 nitrogen and oxygen atoms in total. The van der Waals surface area contributed by atoms with E-state index < -0.39 is 5.97 Å². The Morgan fingerprint density at radius 3 is 2.84 bits per heavy atom. The number of aromatic carboxylic acids is 1. The molecule has 1 aromatic carbocycles. The molecule has 0 atom stereocenters. The summed E-state index contributed by atoms with van der Waals surface area (Å²) in [4.78, 5) is 15.5. The molecule has 0 unspecified atom stereocenters. The Hall–Kier alpha value is -1.88. The summed E-state index contributed by atoms with van der Waals surface area (Å²) in [6.07, 6.45) is 1.96. The third-order valence-electron chi connectivity index (χ3n) is 3.63. The lowest BCUT2D eigenvalue weighted by molar-refractivity contribution is 0.0594. The summed E-state index contributed by atoms with van der Waals surface area (Å²) in [5.74, 6) is -0.375. The van der Waals surface area contributed by atoms with Crippen LogP contribution in [0.4, 0.5) is 0 Å². The molecule has 0 radical (unpaired) electrons. The van der Waals surface area contributed by atoms with Crippen molar-refractivity contribution in [3.05, 3.63) is 30.1 Å². The van der Waals surface area contributed by atoms with Crippen molar-refractivity contribution in [2.75, 3.05) is 13.2 Å². The molecule has 19 heavy (non-hydrogen) atoms. The topological polar surface area (TPSA) is 64.3 Å². The summed E-state index contributed by atoms with van der Waals surface area (Å²) in [5.41, 5.74) is 1.64. The average molecular weight is 260 g/mol. The van der Waals surface area contributed by atoms with Crippen LogP contribution in [0.15, 0.2) is 24.3 Å². The Morgan fingerprint density at radius 2 is 2.11 bits per heavy atom. The van der Waals surface area contributed by atoms with Crippen LogP contribution in [0.25, 0.3) is 11.0 Å². The Bertz CT molecular complexity index is 600. The SMILES string of the molecule is O=C(O)c1nc2ccccc2n1CC1CCOCC1. The molecule has 1 fully saturated rings. The van der Waals surface area contributed by atoms with Gasteiger partial charge in [0.25, 0.3) is 0 Å². The third-order valence-corrected chi connectivity index (χ3v) is 3.63. The van der Waals surface area contributed by atoms with Crippen molar-refractivity contribution in [2.24, 2.45) is 5.92 Å². The fourth-order valence-corrected chi connectivity index (χ4v) is 2.61. The minimum absolute atomic E-state index is 0.132. The van der Waals surface area contributed by atoms with E-state index in [9.17, 15) is 9.90 Å². The van der Waals surface area contributed by atoms with Gasteiger partial charge in [-0.05, 0) is 30.9 Å². The molecule has 1 N–H and O–H groups in total. The normalized spacial score (nSPS) is 16.8. The molecule has 2 aromatic rings. The van der Waals surface area contributed by atoms with Crippen LogP contribution in [-0.2, 0) is 11.3 Å². The molecule has 100 valence electrons. The monoisotopic (exact) mass is 260 g/mol. The number of hydrogen-bond donors (Lipinski definition) is 1. The summed E-state index contributed by atoms with van der Waals surface area (Å²) in [6.45, 7) is 2.23. The molecule has 0 bridgehead atoms. The second kappa shape index (κ2) is 5.01. The summed E-state index contributed by atoms with van der Waals surface area (Å²) in [7, 11) is 0. The maximum Gasteiger partial charge on any atom is 0.372 e. The average Bonchev–Trinajstić information content (AvgIpc) is 2.79. The summed E-state index contributed by atoms with van der Waals surface area (Å²) >= 11 is 0. The largest absolute Gasteiger partial charge is 0.475 e. The number of aromatic nitrogens is 2. The molecule has 0 spiro atoms. The smallest absolute Gasteiger partial charge is 0.372 e. The second-order valence-electron chi connectivity index (χ2n) is 4.90. The molecule has 1 aliphatic heterocycles. The number of rotatable bonds is 3. The van der Waals surface area contributed by atoms with Crippen LogP contribution in [0.1, 0.15) is 23.5 Å². The summed E-state index contributed by atoms with van der Waals surface area (Å²) < 4.78 is 7.17. The minimum Gasteiger partial charge on any atom is -0.475 e. The van der Waals surface area contributed by atoms with Gasteiger partial charge in [0.1, 0.15) is 0 Å². The van der Waals surface area contributed by atoms with Gasteiger partial charge >= 0.3 is 5.97 Å². The number of nitrogens with zero attached hydrogens (tertiary/aromatic N) is 2. The van der Waals surface area contributed by atoms with Gasteiger partial charge in [0.15, 0.2) is 0 Å². The molecular weight excluding hydrogens is 244 g/mol. The Labute approximate surface area is 110 Å². The van der Waals surface area contributed by atoms with Crippen LogP contribution < -0.4 is 0 Å². The highest BCUT2D eigenvalue weighted by atomic mass is 16.5. The van der Waals surface area contributed by atoms with E-state index in [0.29, 0.717) is 12.5 Å². The maximum absolute atomic E-state index is 11.3. The number of ether oxygens (including phenoxy) is 1. The first-order valence-corrected chi connectivity index (χ1v) is 6.52. The van der Waals surface area contributed by atoms with Crippen LogP contribution in [-0.4, -0.2) is 33.8 Å². The minimum atomic E-state index is -0.969. The number of benzene rings is 1. The van der Waals surface area contributed by atoms with E-state index >= 15 is 0 Å². The van der Waals surface area contributed by atoms with Gasteiger partial charge in [0, 0.05) is 19.8 Å².